The average molecular weight is 187 g/mol. The summed E-state index contributed by atoms with van der Waals surface area (Å²) < 4.78 is 0. The van der Waals surface area contributed by atoms with Crippen molar-refractivity contribution in [2.45, 2.75) is 45.7 Å². The second kappa shape index (κ2) is 4.25. The molecule has 0 fully saturated rings. The Bertz CT molecular complexity index is 203. The van der Waals surface area contributed by atoms with Crippen LogP contribution in [0.3, 0.4) is 0 Å². The van der Waals surface area contributed by atoms with Gasteiger partial charge in [-0.2, -0.15) is 0 Å². The van der Waals surface area contributed by atoms with Crippen molar-refractivity contribution in [2.24, 2.45) is 0 Å². The number of hydrogen-bond acceptors (Lipinski definition) is 2. The molecule has 1 unspecified atom stereocenters. The zero-order valence-corrected chi connectivity index (χ0v) is 8.57. The summed E-state index contributed by atoms with van der Waals surface area (Å²) in [5, 5.41) is 8.98. The van der Waals surface area contributed by atoms with Crippen molar-refractivity contribution in [1.29, 1.82) is 0 Å². The minimum atomic E-state index is -1.09. The Morgan fingerprint density at radius 1 is 1.62 bits per heavy atom. The quantitative estimate of drug-likeness (QED) is 0.656. The topological polar surface area (TPSA) is 57.6 Å². The second-order valence-corrected chi connectivity index (χ2v) is 3.54. The lowest BCUT2D eigenvalue weighted by molar-refractivity contribution is -0.156. The molecule has 1 N–H and O–H groups in total. The maximum atomic E-state index is 11.0. The van der Waals surface area contributed by atoms with Gasteiger partial charge in [-0.25, -0.2) is 4.79 Å². The highest BCUT2D eigenvalue weighted by Crippen LogP contribution is 2.20. The summed E-state index contributed by atoms with van der Waals surface area (Å²) >= 11 is 0. The molecule has 1 amide bonds. The van der Waals surface area contributed by atoms with Gasteiger partial charge in [-0.3, -0.25) is 4.79 Å². The summed E-state index contributed by atoms with van der Waals surface area (Å²) in [6.07, 6.45) is 1.00. The van der Waals surface area contributed by atoms with E-state index >= 15 is 0 Å². The van der Waals surface area contributed by atoms with Gasteiger partial charge in [0.05, 0.1) is 0 Å². The first-order valence-electron chi connectivity index (χ1n) is 4.37. The normalized spacial score (nSPS) is 15.2. The number of carboxylic acids is 1. The minimum absolute atomic E-state index is 0.0986. The Hall–Kier alpha value is -1.06. The van der Waals surface area contributed by atoms with Crippen LogP contribution in [0.5, 0.6) is 0 Å². The fourth-order valence-corrected chi connectivity index (χ4v) is 1.25. The van der Waals surface area contributed by atoms with Gasteiger partial charge < -0.3 is 10.0 Å². The van der Waals surface area contributed by atoms with Crippen molar-refractivity contribution < 1.29 is 14.7 Å². The van der Waals surface area contributed by atoms with Crippen LogP contribution in [-0.4, -0.2) is 34.0 Å². The lowest BCUT2D eigenvalue weighted by Gasteiger charge is -2.37. The molecule has 0 aromatic heterocycles. The summed E-state index contributed by atoms with van der Waals surface area (Å²) in [5.41, 5.74) is -1.09. The lowest BCUT2D eigenvalue weighted by Crippen LogP contribution is -2.54. The van der Waals surface area contributed by atoms with E-state index in [9.17, 15) is 9.59 Å². The Kier molecular flexibility index (Phi) is 3.91. The number of rotatable bonds is 5. The molecule has 0 aromatic carbocycles. The van der Waals surface area contributed by atoms with Gasteiger partial charge in [-0.1, -0.05) is 6.92 Å². The van der Waals surface area contributed by atoms with E-state index in [0.29, 0.717) is 12.8 Å². The zero-order chi connectivity index (χ0) is 10.6. The molecule has 0 aliphatic heterocycles. The molecule has 0 rings (SSSR count). The molecule has 4 nitrogen and oxygen atoms in total. The van der Waals surface area contributed by atoms with Crippen molar-refractivity contribution in [3.8, 4) is 0 Å². The van der Waals surface area contributed by atoms with Gasteiger partial charge in [0.2, 0.25) is 6.41 Å². The molecule has 0 spiro atoms. The number of amides is 1. The number of aliphatic carboxylic acids is 1. The Morgan fingerprint density at radius 3 is 2.15 bits per heavy atom. The number of carbonyl (C=O) groups excluding carboxylic acids is 1. The van der Waals surface area contributed by atoms with E-state index < -0.39 is 11.5 Å². The Balaban J connectivity index is 4.91. The van der Waals surface area contributed by atoms with Gasteiger partial charge in [-0.15, -0.1) is 0 Å². The number of carbonyl (C=O) groups is 2. The van der Waals surface area contributed by atoms with Crippen LogP contribution in [0, 0.1) is 0 Å². The fourth-order valence-electron chi connectivity index (χ4n) is 1.25. The minimum Gasteiger partial charge on any atom is -0.480 e. The van der Waals surface area contributed by atoms with Crippen LogP contribution in [0.25, 0.3) is 0 Å². The third-order valence-corrected chi connectivity index (χ3v) is 2.39. The third kappa shape index (κ3) is 2.20. The van der Waals surface area contributed by atoms with Crippen LogP contribution in [0.15, 0.2) is 0 Å². The van der Waals surface area contributed by atoms with E-state index in [1.54, 1.807) is 27.7 Å². The molecule has 0 saturated carbocycles. The molecule has 4 heteroatoms. The molecular weight excluding hydrogens is 170 g/mol. The summed E-state index contributed by atoms with van der Waals surface area (Å²) in [4.78, 5) is 23.0. The van der Waals surface area contributed by atoms with Crippen molar-refractivity contribution in [2.75, 3.05) is 0 Å². The van der Waals surface area contributed by atoms with Gasteiger partial charge in [0.1, 0.15) is 5.54 Å². The van der Waals surface area contributed by atoms with Crippen LogP contribution in [0.1, 0.15) is 34.1 Å². The van der Waals surface area contributed by atoms with Crippen molar-refractivity contribution in [3.05, 3.63) is 0 Å². The number of carboxylic acid groups (broad SMARTS) is 1. The van der Waals surface area contributed by atoms with Gasteiger partial charge in [-0.05, 0) is 27.2 Å². The fraction of sp³-hybridized carbons (Fsp3) is 0.778. The largest absolute Gasteiger partial charge is 0.480 e. The lowest BCUT2D eigenvalue weighted by atomic mass is 9.96. The smallest absolute Gasteiger partial charge is 0.329 e. The highest BCUT2D eigenvalue weighted by Gasteiger charge is 2.38. The van der Waals surface area contributed by atoms with Crippen LogP contribution < -0.4 is 0 Å². The summed E-state index contributed by atoms with van der Waals surface area (Å²) in [6.45, 7) is 6.91. The van der Waals surface area contributed by atoms with E-state index in [-0.39, 0.29) is 6.04 Å². The van der Waals surface area contributed by atoms with Crippen molar-refractivity contribution >= 4 is 12.4 Å². The molecule has 1 atom stereocenters. The molecular formula is C9H17NO3. The van der Waals surface area contributed by atoms with E-state index in [4.69, 9.17) is 5.11 Å². The van der Waals surface area contributed by atoms with Gasteiger partial charge in [0.25, 0.3) is 0 Å². The summed E-state index contributed by atoms with van der Waals surface area (Å²) in [6, 6.07) is -0.0986. The summed E-state index contributed by atoms with van der Waals surface area (Å²) in [7, 11) is 0. The molecule has 0 saturated heterocycles. The van der Waals surface area contributed by atoms with Crippen LogP contribution in [0.2, 0.25) is 0 Å². The summed E-state index contributed by atoms with van der Waals surface area (Å²) in [5.74, 6) is -0.962. The Morgan fingerprint density at radius 2 is 2.08 bits per heavy atom. The zero-order valence-electron chi connectivity index (χ0n) is 8.57. The average Bonchev–Trinajstić information content (AvgIpc) is 2.04. The van der Waals surface area contributed by atoms with Crippen LogP contribution in [0.4, 0.5) is 0 Å². The van der Waals surface area contributed by atoms with Gasteiger partial charge >= 0.3 is 5.97 Å². The molecule has 0 heterocycles. The maximum Gasteiger partial charge on any atom is 0.329 e. The monoisotopic (exact) mass is 187 g/mol. The molecule has 0 aliphatic carbocycles. The predicted molar refractivity (Wildman–Crippen MR) is 49.4 cm³/mol. The Labute approximate surface area is 78.5 Å². The van der Waals surface area contributed by atoms with E-state index in [1.807, 2.05) is 0 Å². The molecule has 13 heavy (non-hydrogen) atoms. The molecule has 76 valence electrons. The maximum absolute atomic E-state index is 11.0. The standard InChI is InChI=1S/C9H17NO3/c1-5-9(4,8(12)13)10(6-11)7(2)3/h6-7H,5H2,1-4H3,(H,12,13). The van der Waals surface area contributed by atoms with E-state index in [2.05, 4.69) is 0 Å². The molecule has 0 aliphatic rings. The molecule has 0 radical (unpaired) electrons. The predicted octanol–water partition coefficient (Wildman–Crippen LogP) is 1.11. The number of hydrogen-bond donors (Lipinski definition) is 1. The van der Waals surface area contributed by atoms with Gasteiger partial charge in [0.15, 0.2) is 0 Å². The van der Waals surface area contributed by atoms with Crippen molar-refractivity contribution in [3.63, 3.8) is 0 Å². The van der Waals surface area contributed by atoms with Gasteiger partial charge in [0, 0.05) is 6.04 Å². The first-order chi connectivity index (χ1) is 5.90. The second-order valence-electron chi connectivity index (χ2n) is 3.54. The number of nitrogens with zero attached hydrogens (tertiary/aromatic N) is 1. The van der Waals surface area contributed by atoms with E-state index in [0.717, 1.165) is 0 Å². The highest BCUT2D eigenvalue weighted by atomic mass is 16.4. The van der Waals surface area contributed by atoms with Crippen molar-refractivity contribution in [1.82, 2.24) is 4.90 Å². The van der Waals surface area contributed by atoms with Crippen LogP contribution in [-0.2, 0) is 9.59 Å². The molecule has 0 aromatic rings. The highest BCUT2D eigenvalue weighted by molar-refractivity contribution is 5.81. The van der Waals surface area contributed by atoms with E-state index in [1.165, 1.54) is 4.90 Å². The first kappa shape index (κ1) is 11.9. The molecule has 0 bridgehead atoms. The third-order valence-electron chi connectivity index (χ3n) is 2.39. The first-order valence-corrected chi connectivity index (χ1v) is 4.37. The van der Waals surface area contributed by atoms with Crippen LogP contribution >= 0.6 is 0 Å². The SMILES string of the molecule is CCC(C)(C(=O)O)N(C=O)C(C)C.